The van der Waals surface area contributed by atoms with Crippen LogP contribution in [0.5, 0.6) is 0 Å². The largest absolute Gasteiger partial charge is 0.440 e. The first-order chi connectivity index (χ1) is 4.36. The number of carbonyl (C=O) groups excluding carboxylic acids is 1. The van der Waals surface area contributed by atoms with Gasteiger partial charge in [-0.3, -0.25) is 0 Å². The van der Waals surface area contributed by atoms with Crippen LogP contribution in [0.15, 0.2) is 12.2 Å². The SMILES string of the molecule is O=C1NC2CC=CC2O1. The van der Waals surface area contributed by atoms with Crippen LogP contribution in [0.1, 0.15) is 6.42 Å². The van der Waals surface area contributed by atoms with Gasteiger partial charge in [-0.2, -0.15) is 0 Å². The molecule has 2 aliphatic rings. The van der Waals surface area contributed by atoms with E-state index in [9.17, 15) is 4.79 Å². The zero-order valence-corrected chi connectivity index (χ0v) is 4.83. The van der Waals surface area contributed by atoms with Gasteiger partial charge in [0.05, 0.1) is 6.04 Å². The molecule has 2 unspecified atom stereocenters. The number of alkyl carbamates (subject to hydrolysis) is 1. The molecule has 0 aromatic rings. The number of fused-ring (bicyclic) bond motifs is 1. The molecule has 48 valence electrons. The molecular weight excluding hydrogens is 118 g/mol. The molecule has 0 saturated carbocycles. The lowest BCUT2D eigenvalue weighted by Crippen LogP contribution is -2.26. The topological polar surface area (TPSA) is 38.3 Å². The fraction of sp³-hybridized carbons (Fsp3) is 0.500. The van der Waals surface area contributed by atoms with Crippen molar-refractivity contribution >= 4 is 6.09 Å². The van der Waals surface area contributed by atoms with E-state index in [0.29, 0.717) is 0 Å². The van der Waals surface area contributed by atoms with Gasteiger partial charge < -0.3 is 10.1 Å². The van der Waals surface area contributed by atoms with E-state index in [1.54, 1.807) is 0 Å². The van der Waals surface area contributed by atoms with Gasteiger partial charge in [-0.25, -0.2) is 4.79 Å². The normalized spacial score (nSPS) is 38.0. The molecule has 2 rings (SSSR count). The molecule has 1 N–H and O–H groups in total. The summed E-state index contributed by atoms with van der Waals surface area (Å²) in [6, 6.07) is 0.220. The van der Waals surface area contributed by atoms with Crippen LogP contribution in [0.3, 0.4) is 0 Å². The Morgan fingerprint density at radius 3 is 3.44 bits per heavy atom. The fourth-order valence-corrected chi connectivity index (χ4v) is 1.20. The first-order valence-corrected chi connectivity index (χ1v) is 3.00. The number of hydrogen-bond donors (Lipinski definition) is 1. The van der Waals surface area contributed by atoms with Crippen molar-refractivity contribution in [3.8, 4) is 0 Å². The Morgan fingerprint density at radius 1 is 1.78 bits per heavy atom. The number of ether oxygens (including phenoxy) is 1. The number of hydrogen-bond acceptors (Lipinski definition) is 2. The fourth-order valence-electron chi connectivity index (χ4n) is 1.20. The molecule has 3 nitrogen and oxygen atoms in total. The second-order valence-corrected chi connectivity index (χ2v) is 2.28. The predicted molar refractivity (Wildman–Crippen MR) is 30.9 cm³/mol. The molecular formula is C6H7NO2. The van der Waals surface area contributed by atoms with Crippen molar-refractivity contribution in [3.63, 3.8) is 0 Å². The van der Waals surface area contributed by atoms with Crippen LogP contribution >= 0.6 is 0 Å². The Balaban J connectivity index is 2.17. The molecule has 1 saturated heterocycles. The van der Waals surface area contributed by atoms with Gasteiger partial charge in [0, 0.05) is 0 Å². The summed E-state index contributed by atoms with van der Waals surface area (Å²) >= 11 is 0. The van der Waals surface area contributed by atoms with Gasteiger partial charge >= 0.3 is 6.09 Å². The van der Waals surface area contributed by atoms with Gasteiger partial charge in [0.15, 0.2) is 0 Å². The molecule has 9 heavy (non-hydrogen) atoms. The molecule has 1 fully saturated rings. The maximum absolute atomic E-state index is 10.5. The maximum atomic E-state index is 10.5. The van der Waals surface area contributed by atoms with Crippen LogP contribution in [0, 0.1) is 0 Å². The summed E-state index contributed by atoms with van der Waals surface area (Å²) in [6.45, 7) is 0. The van der Waals surface area contributed by atoms with Crippen molar-refractivity contribution in [2.45, 2.75) is 18.6 Å². The van der Waals surface area contributed by atoms with E-state index in [1.807, 2.05) is 12.2 Å². The minimum atomic E-state index is -0.283. The van der Waals surface area contributed by atoms with Crippen molar-refractivity contribution in [1.29, 1.82) is 0 Å². The average Bonchev–Trinajstić information content (AvgIpc) is 2.22. The highest BCUT2D eigenvalue weighted by atomic mass is 16.6. The van der Waals surface area contributed by atoms with E-state index in [1.165, 1.54) is 0 Å². The third-order valence-corrected chi connectivity index (χ3v) is 1.66. The highest BCUT2D eigenvalue weighted by Gasteiger charge is 2.33. The van der Waals surface area contributed by atoms with E-state index in [4.69, 9.17) is 4.74 Å². The maximum Gasteiger partial charge on any atom is 0.408 e. The monoisotopic (exact) mass is 125 g/mol. The van der Waals surface area contributed by atoms with Crippen LogP contribution in [-0.4, -0.2) is 18.2 Å². The van der Waals surface area contributed by atoms with E-state index < -0.39 is 0 Å². The quantitative estimate of drug-likeness (QED) is 0.476. The number of amides is 1. The molecule has 0 aromatic heterocycles. The van der Waals surface area contributed by atoms with Crippen LogP contribution in [-0.2, 0) is 4.74 Å². The Kier molecular flexibility index (Phi) is 0.806. The van der Waals surface area contributed by atoms with Crippen LogP contribution in [0.25, 0.3) is 0 Å². The van der Waals surface area contributed by atoms with Gasteiger partial charge in [0.2, 0.25) is 0 Å². The summed E-state index contributed by atoms with van der Waals surface area (Å²) in [4.78, 5) is 10.5. The highest BCUT2D eigenvalue weighted by molar-refractivity contribution is 5.71. The van der Waals surface area contributed by atoms with Crippen molar-refractivity contribution in [1.82, 2.24) is 5.32 Å². The summed E-state index contributed by atoms with van der Waals surface area (Å²) in [7, 11) is 0. The van der Waals surface area contributed by atoms with Crippen LogP contribution in [0.4, 0.5) is 4.79 Å². The Hall–Kier alpha value is -0.990. The van der Waals surface area contributed by atoms with E-state index in [2.05, 4.69) is 5.32 Å². The molecule has 1 heterocycles. The molecule has 0 spiro atoms. The zero-order chi connectivity index (χ0) is 6.27. The number of rotatable bonds is 0. The summed E-state index contributed by atoms with van der Waals surface area (Å²) in [5.41, 5.74) is 0. The lowest BCUT2D eigenvalue weighted by Gasteiger charge is -2.01. The van der Waals surface area contributed by atoms with E-state index >= 15 is 0 Å². The van der Waals surface area contributed by atoms with Crippen molar-refractivity contribution < 1.29 is 9.53 Å². The van der Waals surface area contributed by atoms with Crippen LogP contribution in [0.2, 0.25) is 0 Å². The summed E-state index contributed by atoms with van der Waals surface area (Å²) in [5, 5.41) is 2.69. The summed E-state index contributed by atoms with van der Waals surface area (Å²) in [6.07, 6.45) is 4.58. The second kappa shape index (κ2) is 1.50. The van der Waals surface area contributed by atoms with Crippen LogP contribution < -0.4 is 5.32 Å². The molecule has 1 aliphatic carbocycles. The van der Waals surface area contributed by atoms with Gasteiger partial charge in [-0.15, -0.1) is 0 Å². The highest BCUT2D eigenvalue weighted by Crippen LogP contribution is 2.19. The zero-order valence-electron chi connectivity index (χ0n) is 4.83. The summed E-state index contributed by atoms with van der Waals surface area (Å²) < 4.78 is 4.85. The first kappa shape index (κ1) is 4.85. The molecule has 2 atom stereocenters. The smallest absolute Gasteiger partial charge is 0.408 e. The van der Waals surface area contributed by atoms with Gasteiger partial charge in [-0.1, -0.05) is 6.08 Å². The molecule has 0 bridgehead atoms. The third-order valence-electron chi connectivity index (χ3n) is 1.66. The van der Waals surface area contributed by atoms with Crippen molar-refractivity contribution in [2.24, 2.45) is 0 Å². The molecule has 3 heteroatoms. The van der Waals surface area contributed by atoms with Gasteiger partial charge in [-0.05, 0) is 12.5 Å². The minimum Gasteiger partial charge on any atom is -0.440 e. The molecule has 1 amide bonds. The first-order valence-electron chi connectivity index (χ1n) is 3.00. The Labute approximate surface area is 52.7 Å². The molecule has 0 aromatic carbocycles. The molecule has 1 aliphatic heterocycles. The Morgan fingerprint density at radius 2 is 2.67 bits per heavy atom. The lowest BCUT2D eigenvalue weighted by atomic mass is 10.2. The standard InChI is InChI=1S/C6H7NO2/c8-6-7-4-2-1-3-5(4)9-6/h1,3-5H,2H2,(H,7,8). The third kappa shape index (κ3) is 0.608. The van der Waals surface area contributed by atoms with Crippen molar-refractivity contribution in [3.05, 3.63) is 12.2 Å². The predicted octanol–water partition coefficient (Wildman–Crippen LogP) is 0.423. The minimum absolute atomic E-state index is 0.0116. The van der Waals surface area contributed by atoms with E-state index in [-0.39, 0.29) is 18.2 Å². The van der Waals surface area contributed by atoms with Gasteiger partial charge in [0.25, 0.3) is 0 Å². The lowest BCUT2D eigenvalue weighted by molar-refractivity contribution is 0.155. The Bertz CT molecular complexity index is 176. The average molecular weight is 125 g/mol. The molecule has 0 radical (unpaired) electrons. The number of carbonyl (C=O) groups is 1. The van der Waals surface area contributed by atoms with E-state index in [0.717, 1.165) is 6.42 Å². The second-order valence-electron chi connectivity index (χ2n) is 2.28. The van der Waals surface area contributed by atoms with Gasteiger partial charge in [0.1, 0.15) is 6.10 Å². The summed E-state index contributed by atoms with van der Waals surface area (Å²) in [5.74, 6) is 0. The number of nitrogens with one attached hydrogen (secondary N) is 1. The van der Waals surface area contributed by atoms with Crippen molar-refractivity contribution in [2.75, 3.05) is 0 Å².